The van der Waals surface area contributed by atoms with Crippen molar-refractivity contribution in [3.05, 3.63) is 65.5 Å². The fourth-order valence-electron chi connectivity index (χ4n) is 2.19. The second-order valence-electron chi connectivity index (χ2n) is 5.71. The largest absolute Gasteiger partial charge is 0.323 e. The Morgan fingerprint density at radius 2 is 1.62 bits per heavy atom. The van der Waals surface area contributed by atoms with Gasteiger partial charge in [-0.1, -0.05) is 38.1 Å². The number of thioether (sulfide) groups is 1. The summed E-state index contributed by atoms with van der Waals surface area (Å²) in [6.45, 7) is 4.44. The van der Waals surface area contributed by atoms with Gasteiger partial charge in [0.05, 0.1) is 0 Å². The van der Waals surface area contributed by atoms with Crippen LogP contribution in [0, 0.1) is 11.7 Å². The molecule has 0 bridgehead atoms. The van der Waals surface area contributed by atoms with E-state index in [9.17, 15) is 4.39 Å². The van der Waals surface area contributed by atoms with Crippen LogP contribution in [0.5, 0.6) is 0 Å². The van der Waals surface area contributed by atoms with E-state index in [-0.39, 0.29) is 11.9 Å². The van der Waals surface area contributed by atoms with Crippen LogP contribution in [-0.2, 0) is 6.42 Å². The lowest BCUT2D eigenvalue weighted by atomic mass is 10.0. The molecule has 3 heteroatoms. The van der Waals surface area contributed by atoms with Gasteiger partial charge in [-0.25, -0.2) is 4.39 Å². The Bertz CT molecular complexity index is 548. The minimum Gasteiger partial charge on any atom is -0.323 e. The standard InChI is InChI=1S/C18H22FNS/c1-13(2)11-14-3-5-15(6-4-14)18(20)12-21-17-9-7-16(19)8-10-17/h3-10,13,18H,11-12,20H2,1-2H3. The topological polar surface area (TPSA) is 26.0 Å². The molecule has 0 aliphatic carbocycles. The van der Waals surface area contributed by atoms with Crippen LogP contribution in [0.2, 0.25) is 0 Å². The zero-order valence-electron chi connectivity index (χ0n) is 12.6. The molecule has 1 atom stereocenters. The van der Waals surface area contributed by atoms with Crippen LogP contribution in [-0.4, -0.2) is 5.75 Å². The zero-order valence-corrected chi connectivity index (χ0v) is 13.4. The van der Waals surface area contributed by atoms with Crippen molar-refractivity contribution >= 4 is 11.8 Å². The second-order valence-corrected chi connectivity index (χ2v) is 6.80. The molecule has 0 heterocycles. The molecule has 0 aliphatic rings. The number of rotatable bonds is 6. The fraction of sp³-hybridized carbons (Fsp3) is 0.333. The third kappa shape index (κ3) is 5.18. The summed E-state index contributed by atoms with van der Waals surface area (Å²) in [6, 6.07) is 15.1. The molecule has 0 aliphatic heterocycles. The van der Waals surface area contributed by atoms with Gasteiger partial charge in [0, 0.05) is 16.7 Å². The third-order valence-corrected chi connectivity index (χ3v) is 4.43. The van der Waals surface area contributed by atoms with Crippen LogP contribution in [0.25, 0.3) is 0 Å². The smallest absolute Gasteiger partial charge is 0.123 e. The van der Waals surface area contributed by atoms with Gasteiger partial charge >= 0.3 is 0 Å². The molecule has 0 radical (unpaired) electrons. The molecule has 21 heavy (non-hydrogen) atoms. The predicted molar refractivity (Wildman–Crippen MR) is 89.0 cm³/mol. The lowest BCUT2D eigenvalue weighted by molar-refractivity contribution is 0.626. The summed E-state index contributed by atoms with van der Waals surface area (Å²) in [6.07, 6.45) is 1.10. The lowest BCUT2D eigenvalue weighted by Crippen LogP contribution is -2.13. The first kappa shape index (κ1) is 16.1. The third-order valence-electron chi connectivity index (χ3n) is 3.30. The van der Waals surface area contributed by atoms with Crippen molar-refractivity contribution in [2.45, 2.75) is 31.2 Å². The van der Waals surface area contributed by atoms with E-state index in [1.54, 1.807) is 23.9 Å². The maximum Gasteiger partial charge on any atom is 0.123 e. The van der Waals surface area contributed by atoms with Gasteiger partial charge in [0.2, 0.25) is 0 Å². The highest BCUT2D eigenvalue weighted by Gasteiger charge is 2.07. The molecular weight excluding hydrogens is 281 g/mol. The summed E-state index contributed by atoms with van der Waals surface area (Å²) in [5.74, 6) is 1.25. The molecule has 2 N–H and O–H groups in total. The van der Waals surface area contributed by atoms with Crippen LogP contribution < -0.4 is 5.73 Å². The van der Waals surface area contributed by atoms with E-state index in [0.717, 1.165) is 22.6 Å². The Morgan fingerprint density at radius 3 is 2.19 bits per heavy atom. The molecule has 0 spiro atoms. The van der Waals surface area contributed by atoms with Crippen LogP contribution >= 0.6 is 11.8 Å². The van der Waals surface area contributed by atoms with Crippen molar-refractivity contribution in [1.29, 1.82) is 0 Å². The maximum absolute atomic E-state index is 12.8. The van der Waals surface area contributed by atoms with Gasteiger partial charge in [-0.15, -0.1) is 11.8 Å². The minimum atomic E-state index is -0.204. The summed E-state index contributed by atoms with van der Waals surface area (Å²) >= 11 is 1.66. The molecule has 112 valence electrons. The molecule has 2 aromatic rings. The zero-order chi connectivity index (χ0) is 15.2. The first-order valence-corrected chi connectivity index (χ1v) is 8.26. The van der Waals surface area contributed by atoms with Gasteiger partial charge in [0.25, 0.3) is 0 Å². The molecular formula is C18H22FNS. The van der Waals surface area contributed by atoms with E-state index >= 15 is 0 Å². The molecule has 2 rings (SSSR count). The average Bonchev–Trinajstić information content (AvgIpc) is 2.46. The van der Waals surface area contributed by atoms with Crippen molar-refractivity contribution < 1.29 is 4.39 Å². The van der Waals surface area contributed by atoms with Gasteiger partial charge < -0.3 is 5.73 Å². The number of hydrogen-bond donors (Lipinski definition) is 1. The first-order chi connectivity index (χ1) is 10.0. The monoisotopic (exact) mass is 303 g/mol. The number of hydrogen-bond acceptors (Lipinski definition) is 2. The molecule has 1 unspecified atom stereocenters. The number of nitrogens with two attached hydrogens (primary N) is 1. The summed E-state index contributed by atoms with van der Waals surface area (Å²) in [5.41, 5.74) is 8.73. The van der Waals surface area contributed by atoms with Gasteiger partial charge in [0.15, 0.2) is 0 Å². The van der Waals surface area contributed by atoms with Crippen LogP contribution in [0.15, 0.2) is 53.4 Å². The quantitative estimate of drug-likeness (QED) is 0.775. The van der Waals surface area contributed by atoms with Crippen LogP contribution in [0.3, 0.4) is 0 Å². The van der Waals surface area contributed by atoms with E-state index in [2.05, 4.69) is 38.1 Å². The van der Waals surface area contributed by atoms with E-state index < -0.39 is 0 Å². The normalized spacial score (nSPS) is 12.6. The maximum atomic E-state index is 12.8. The second kappa shape index (κ2) is 7.62. The van der Waals surface area contributed by atoms with Gasteiger partial charge in [-0.05, 0) is 47.7 Å². The summed E-state index contributed by atoms with van der Waals surface area (Å²) in [4.78, 5) is 1.04. The lowest BCUT2D eigenvalue weighted by Gasteiger charge is -2.13. The van der Waals surface area contributed by atoms with E-state index in [0.29, 0.717) is 5.92 Å². The van der Waals surface area contributed by atoms with E-state index in [1.165, 1.54) is 17.7 Å². The minimum absolute atomic E-state index is 0.00634. The molecule has 0 saturated carbocycles. The summed E-state index contributed by atoms with van der Waals surface area (Å²) in [5, 5.41) is 0. The fourth-order valence-corrected chi connectivity index (χ4v) is 3.08. The highest BCUT2D eigenvalue weighted by atomic mass is 32.2. The van der Waals surface area contributed by atoms with Crippen molar-refractivity contribution in [2.24, 2.45) is 11.7 Å². The van der Waals surface area contributed by atoms with Crippen molar-refractivity contribution in [2.75, 3.05) is 5.75 Å². The number of benzene rings is 2. The molecule has 0 amide bonds. The van der Waals surface area contributed by atoms with E-state index in [4.69, 9.17) is 5.73 Å². The Hall–Kier alpha value is -1.32. The van der Waals surface area contributed by atoms with Gasteiger partial charge in [0.1, 0.15) is 5.82 Å². The van der Waals surface area contributed by atoms with Crippen molar-refractivity contribution in [1.82, 2.24) is 0 Å². The van der Waals surface area contributed by atoms with Gasteiger partial charge in [-0.2, -0.15) is 0 Å². The van der Waals surface area contributed by atoms with E-state index in [1.807, 2.05) is 0 Å². The average molecular weight is 303 g/mol. The molecule has 1 nitrogen and oxygen atoms in total. The first-order valence-electron chi connectivity index (χ1n) is 7.27. The highest BCUT2D eigenvalue weighted by Crippen LogP contribution is 2.24. The van der Waals surface area contributed by atoms with Gasteiger partial charge in [-0.3, -0.25) is 0 Å². The van der Waals surface area contributed by atoms with Crippen LogP contribution in [0.4, 0.5) is 4.39 Å². The molecule has 0 aromatic heterocycles. The van der Waals surface area contributed by atoms with Crippen LogP contribution in [0.1, 0.15) is 31.0 Å². The Labute approximate surface area is 130 Å². The Morgan fingerprint density at radius 1 is 1.00 bits per heavy atom. The Kier molecular flexibility index (Phi) is 5.83. The molecule has 0 fully saturated rings. The van der Waals surface area contributed by atoms with Crippen molar-refractivity contribution in [3.63, 3.8) is 0 Å². The van der Waals surface area contributed by atoms with Crippen molar-refractivity contribution in [3.8, 4) is 0 Å². The molecule has 2 aromatic carbocycles. The SMILES string of the molecule is CC(C)Cc1ccc(C(N)CSc2ccc(F)cc2)cc1. The number of halogens is 1. The molecule has 0 saturated heterocycles. The summed E-state index contributed by atoms with van der Waals surface area (Å²) < 4.78 is 12.8. The summed E-state index contributed by atoms with van der Waals surface area (Å²) in [7, 11) is 0. The highest BCUT2D eigenvalue weighted by molar-refractivity contribution is 7.99. The predicted octanol–water partition coefficient (Wildman–Crippen LogP) is 4.82. The Balaban J connectivity index is 1.90.